The fourth-order valence-electron chi connectivity index (χ4n) is 6.21. The number of likely N-dealkylation sites (tertiary alicyclic amines) is 1. The number of rotatable bonds is 8. The monoisotopic (exact) mass is 470 g/mol. The molecule has 3 aliphatic rings. The molecule has 5 atom stereocenters. The molecule has 1 aromatic rings. The van der Waals surface area contributed by atoms with Crippen LogP contribution in [-0.2, 0) is 4.79 Å². The molecule has 5 unspecified atom stereocenters. The first-order valence-electron chi connectivity index (χ1n) is 13.1. The van der Waals surface area contributed by atoms with Crippen molar-refractivity contribution >= 4 is 29.2 Å². The van der Waals surface area contributed by atoms with E-state index in [9.17, 15) is 4.79 Å². The predicted octanol–water partition coefficient (Wildman–Crippen LogP) is 5.67. The first kappa shape index (κ1) is 24.6. The van der Waals surface area contributed by atoms with Gasteiger partial charge >= 0.3 is 0 Å². The topological polar surface area (TPSA) is 73.4 Å². The highest BCUT2D eigenvalue weighted by Gasteiger charge is 2.40. The number of amides is 1. The average Bonchev–Trinajstić information content (AvgIpc) is 2.81. The van der Waals surface area contributed by atoms with E-state index in [4.69, 9.17) is 11.1 Å². The van der Waals surface area contributed by atoms with E-state index in [1.807, 2.05) is 6.07 Å². The second-order valence-electron chi connectivity index (χ2n) is 10.5. The lowest BCUT2D eigenvalue weighted by molar-refractivity contribution is -0.119. The molecule has 0 bridgehead atoms. The van der Waals surface area contributed by atoms with E-state index in [2.05, 4.69) is 41.8 Å². The van der Waals surface area contributed by atoms with Crippen molar-refractivity contribution in [3.63, 3.8) is 0 Å². The molecule has 182 valence electrons. The second kappa shape index (κ2) is 11.3. The van der Waals surface area contributed by atoms with Crippen LogP contribution in [-0.4, -0.2) is 47.1 Å². The average molecular weight is 471 g/mol. The SMILES string of the molecule is CC1CCCC(C)N1CCCCCN1C(=O)C(C2CCCC(C(=N)N)C2)Sc2ccccc21. The maximum Gasteiger partial charge on any atom is 0.240 e. The molecule has 1 amide bonds. The van der Waals surface area contributed by atoms with Crippen molar-refractivity contribution in [1.29, 1.82) is 5.41 Å². The molecule has 2 heterocycles. The van der Waals surface area contributed by atoms with E-state index < -0.39 is 0 Å². The maximum atomic E-state index is 13.7. The molecular weight excluding hydrogens is 428 g/mol. The molecule has 2 fully saturated rings. The molecule has 1 saturated heterocycles. The minimum absolute atomic E-state index is 0.0444. The molecular formula is C27H42N4OS. The largest absolute Gasteiger partial charge is 0.387 e. The number of hydrogen-bond acceptors (Lipinski definition) is 4. The van der Waals surface area contributed by atoms with Crippen LogP contribution >= 0.6 is 11.8 Å². The highest BCUT2D eigenvalue weighted by Crippen LogP contribution is 2.45. The highest BCUT2D eigenvalue weighted by atomic mass is 32.2. The number of thioether (sulfide) groups is 1. The Morgan fingerprint density at radius 2 is 1.73 bits per heavy atom. The van der Waals surface area contributed by atoms with Crippen molar-refractivity contribution in [2.24, 2.45) is 17.6 Å². The van der Waals surface area contributed by atoms with Crippen LogP contribution in [0.2, 0.25) is 0 Å². The molecule has 5 nitrogen and oxygen atoms in total. The van der Waals surface area contributed by atoms with Crippen molar-refractivity contribution in [1.82, 2.24) is 4.90 Å². The van der Waals surface area contributed by atoms with Crippen LogP contribution in [0.4, 0.5) is 5.69 Å². The molecule has 6 heteroatoms. The van der Waals surface area contributed by atoms with Crippen LogP contribution < -0.4 is 10.6 Å². The molecule has 33 heavy (non-hydrogen) atoms. The maximum absolute atomic E-state index is 13.7. The molecule has 0 spiro atoms. The van der Waals surface area contributed by atoms with Gasteiger partial charge in [0, 0.05) is 29.4 Å². The molecule has 1 aromatic carbocycles. The van der Waals surface area contributed by atoms with Crippen LogP contribution in [0.15, 0.2) is 29.2 Å². The van der Waals surface area contributed by atoms with E-state index in [0.29, 0.717) is 23.8 Å². The van der Waals surface area contributed by atoms with Gasteiger partial charge in [-0.15, -0.1) is 11.8 Å². The first-order valence-corrected chi connectivity index (χ1v) is 14.0. The van der Waals surface area contributed by atoms with E-state index in [0.717, 1.165) is 50.8 Å². The number of carbonyl (C=O) groups excluding carboxylic acids is 1. The van der Waals surface area contributed by atoms with E-state index in [1.165, 1.54) is 37.1 Å². The minimum Gasteiger partial charge on any atom is -0.387 e. The van der Waals surface area contributed by atoms with Crippen LogP contribution in [0.1, 0.15) is 78.1 Å². The summed E-state index contributed by atoms with van der Waals surface area (Å²) in [5.74, 6) is 1.01. The van der Waals surface area contributed by atoms with E-state index >= 15 is 0 Å². The van der Waals surface area contributed by atoms with Crippen LogP contribution in [0.3, 0.4) is 0 Å². The van der Waals surface area contributed by atoms with Crippen molar-refractivity contribution in [2.75, 3.05) is 18.0 Å². The summed E-state index contributed by atoms with van der Waals surface area (Å²) in [6.07, 6.45) is 11.4. The summed E-state index contributed by atoms with van der Waals surface area (Å²) in [6.45, 7) is 6.73. The molecule has 0 aromatic heterocycles. The lowest BCUT2D eigenvalue weighted by atomic mass is 9.79. The molecule has 3 N–H and O–H groups in total. The van der Waals surface area contributed by atoms with Crippen LogP contribution in [0.5, 0.6) is 0 Å². The zero-order chi connectivity index (χ0) is 23.4. The van der Waals surface area contributed by atoms with Gasteiger partial charge in [0.25, 0.3) is 0 Å². The number of nitrogens with zero attached hydrogens (tertiary/aromatic N) is 2. The van der Waals surface area contributed by atoms with Gasteiger partial charge in [0.15, 0.2) is 0 Å². The number of amidine groups is 1. The fraction of sp³-hybridized carbons (Fsp3) is 0.704. The van der Waals surface area contributed by atoms with Gasteiger partial charge in [-0.3, -0.25) is 15.1 Å². The Labute approximate surface area is 204 Å². The van der Waals surface area contributed by atoms with Gasteiger partial charge in [0.05, 0.1) is 16.8 Å². The summed E-state index contributed by atoms with van der Waals surface area (Å²) < 4.78 is 0. The predicted molar refractivity (Wildman–Crippen MR) is 139 cm³/mol. The Balaban J connectivity index is 1.36. The number of carbonyl (C=O) groups is 1. The van der Waals surface area contributed by atoms with Gasteiger partial charge in [-0.1, -0.05) is 31.4 Å². The van der Waals surface area contributed by atoms with Crippen molar-refractivity contribution in [3.05, 3.63) is 24.3 Å². The highest BCUT2D eigenvalue weighted by molar-refractivity contribution is 8.01. The summed E-state index contributed by atoms with van der Waals surface area (Å²) in [5, 5.41) is 7.86. The Kier molecular flexibility index (Phi) is 8.39. The number of anilines is 1. The summed E-state index contributed by atoms with van der Waals surface area (Å²) in [7, 11) is 0. The van der Waals surface area contributed by atoms with Crippen LogP contribution in [0.25, 0.3) is 0 Å². The molecule has 2 aliphatic heterocycles. The smallest absolute Gasteiger partial charge is 0.240 e. The third kappa shape index (κ3) is 5.76. The number of nitrogens with one attached hydrogen (secondary N) is 1. The number of para-hydroxylation sites is 1. The van der Waals surface area contributed by atoms with Gasteiger partial charge in [-0.05, 0) is 83.4 Å². The molecule has 1 saturated carbocycles. The number of hydrogen-bond donors (Lipinski definition) is 2. The van der Waals surface area contributed by atoms with Gasteiger partial charge in [0.1, 0.15) is 0 Å². The van der Waals surface area contributed by atoms with Gasteiger partial charge in [-0.2, -0.15) is 0 Å². The summed E-state index contributed by atoms with van der Waals surface area (Å²) in [4.78, 5) is 19.7. The number of fused-ring (bicyclic) bond motifs is 1. The third-order valence-corrected chi connectivity index (χ3v) is 9.62. The molecule has 1 aliphatic carbocycles. The van der Waals surface area contributed by atoms with Crippen LogP contribution in [0, 0.1) is 17.2 Å². The van der Waals surface area contributed by atoms with E-state index in [1.54, 1.807) is 11.8 Å². The van der Waals surface area contributed by atoms with Gasteiger partial charge in [-0.25, -0.2) is 0 Å². The normalized spacial score (nSPS) is 30.8. The quantitative estimate of drug-likeness (QED) is 0.292. The second-order valence-corrected chi connectivity index (χ2v) is 11.7. The number of nitrogens with two attached hydrogens (primary N) is 1. The lowest BCUT2D eigenvalue weighted by Crippen LogP contribution is -2.46. The van der Waals surface area contributed by atoms with Gasteiger partial charge in [0.2, 0.25) is 5.91 Å². The summed E-state index contributed by atoms with van der Waals surface area (Å²) in [5.41, 5.74) is 6.92. The molecule has 0 radical (unpaired) electrons. The number of benzene rings is 1. The summed E-state index contributed by atoms with van der Waals surface area (Å²) >= 11 is 1.74. The van der Waals surface area contributed by atoms with Gasteiger partial charge < -0.3 is 10.6 Å². The fourth-order valence-corrected chi connectivity index (χ4v) is 7.61. The number of unbranched alkanes of at least 4 members (excludes halogenated alkanes) is 2. The zero-order valence-corrected chi connectivity index (χ0v) is 21.3. The summed E-state index contributed by atoms with van der Waals surface area (Å²) in [6, 6.07) is 9.81. The Morgan fingerprint density at radius 3 is 2.48 bits per heavy atom. The van der Waals surface area contributed by atoms with E-state index in [-0.39, 0.29) is 17.1 Å². The lowest BCUT2D eigenvalue weighted by Gasteiger charge is -2.40. The molecule has 4 rings (SSSR count). The zero-order valence-electron chi connectivity index (χ0n) is 20.5. The third-order valence-electron chi connectivity index (χ3n) is 8.18. The van der Waals surface area contributed by atoms with Crippen molar-refractivity contribution in [3.8, 4) is 0 Å². The number of piperidine rings is 1. The minimum atomic E-state index is -0.0444. The standard InChI is InChI=1S/C27H42N4OS/c1-19-10-8-11-20(2)30(19)16-6-3-7-17-31-23-14-4-5-15-24(23)33-25(27(31)32)21-12-9-13-22(18-21)26(28)29/h4-5,14-15,19-22,25H,3,6-13,16-18H2,1-2H3,(H3,28,29). The Morgan fingerprint density at radius 1 is 1.03 bits per heavy atom. The first-order chi connectivity index (χ1) is 16.0. The van der Waals surface area contributed by atoms with Crippen molar-refractivity contribution < 1.29 is 4.79 Å². The Bertz CT molecular complexity index is 820. The Hall–Kier alpha value is -1.53. The van der Waals surface area contributed by atoms with Crippen molar-refractivity contribution in [2.45, 2.75) is 100 Å².